The Morgan fingerprint density at radius 2 is 1.73 bits per heavy atom. The summed E-state index contributed by atoms with van der Waals surface area (Å²) in [5.41, 5.74) is 0.623. The molecule has 1 fully saturated rings. The van der Waals surface area contributed by atoms with E-state index in [-0.39, 0.29) is 22.7 Å². The molecule has 3 heterocycles. The third-order valence-corrected chi connectivity index (χ3v) is 8.32. The van der Waals surface area contributed by atoms with Gasteiger partial charge >= 0.3 is 5.69 Å². The Hall–Kier alpha value is -3.40. The molecule has 1 saturated heterocycles. The maximum atomic E-state index is 13.4. The van der Waals surface area contributed by atoms with Gasteiger partial charge in [-0.2, -0.15) is 0 Å². The standard InChI is InChI=1S/C23H24N4O5S/c1-24-20-9-8-17(33(31,32)27-13-10-16-6-2-3-7-19(16)27)14-18(20)22(29)26(23(24)30)15-21(28)25-11-4-5-12-25/h2-3,6-9,14H,4-5,10-13,15H2,1H3. The first-order valence-corrected chi connectivity index (χ1v) is 12.3. The number of likely N-dealkylation sites (tertiary alicyclic amines) is 1. The van der Waals surface area contributed by atoms with Gasteiger partial charge in [0.2, 0.25) is 5.91 Å². The molecule has 33 heavy (non-hydrogen) atoms. The SMILES string of the molecule is Cn1c(=O)n(CC(=O)N2CCCC2)c(=O)c2cc(S(=O)(=O)N3CCc4ccccc43)ccc21. The molecule has 10 heteroatoms. The highest BCUT2D eigenvalue weighted by molar-refractivity contribution is 7.92. The predicted molar refractivity (Wildman–Crippen MR) is 124 cm³/mol. The van der Waals surface area contributed by atoms with Crippen molar-refractivity contribution < 1.29 is 13.2 Å². The number of amides is 1. The van der Waals surface area contributed by atoms with Gasteiger partial charge in [0.05, 0.1) is 21.5 Å². The predicted octanol–water partition coefficient (Wildman–Crippen LogP) is 1.07. The second-order valence-corrected chi connectivity index (χ2v) is 10.3. The normalized spacial score (nSPS) is 15.9. The summed E-state index contributed by atoms with van der Waals surface area (Å²) in [5.74, 6) is -0.288. The molecule has 1 aromatic heterocycles. The van der Waals surface area contributed by atoms with Crippen molar-refractivity contribution in [2.45, 2.75) is 30.7 Å². The van der Waals surface area contributed by atoms with E-state index in [2.05, 4.69) is 0 Å². The maximum absolute atomic E-state index is 13.4. The highest BCUT2D eigenvalue weighted by Crippen LogP contribution is 2.33. The Balaban J connectivity index is 1.60. The van der Waals surface area contributed by atoms with E-state index in [1.165, 1.54) is 34.1 Å². The summed E-state index contributed by atoms with van der Waals surface area (Å²) in [7, 11) is -2.40. The second kappa shape index (κ2) is 7.87. The summed E-state index contributed by atoms with van der Waals surface area (Å²) in [5, 5.41) is 0.0832. The Labute approximate surface area is 190 Å². The number of aromatic nitrogens is 2. The number of rotatable bonds is 4. The highest BCUT2D eigenvalue weighted by atomic mass is 32.2. The lowest BCUT2D eigenvalue weighted by Crippen LogP contribution is -2.43. The van der Waals surface area contributed by atoms with Crippen LogP contribution in [0.2, 0.25) is 0 Å². The van der Waals surface area contributed by atoms with E-state index in [0.29, 0.717) is 37.3 Å². The van der Waals surface area contributed by atoms with Gasteiger partial charge in [0.25, 0.3) is 15.6 Å². The van der Waals surface area contributed by atoms with Crippen molar-refractivity contribution in [1.29, 1.82) is 0 Å². The molecule has 0 saturated carbocycles. The summed E-state index contributed by atoms with van der Waals surface area (Å²) in [6, 6.07) is 11.5. The van der Waals surface area contributed by atoms with E-state index in [0.717, 1.165) is 23.0 Å². The molecule has 2 aliphatic rings. The summed E-state index contributed by atoms with van der Waals surface area (Å²) in [6.07, 6.45) is 2.41. The van der Waals surface area contributed by atoms with Crippen molar-refractivity contribution in [3.63, 3.8) is 0 Å². The quantitative estimate of drug-likeness (QED) is 0.570. The van der Waals surface area contributed by atoms with Crippen LogP contribution in [0.4, 0.5) is 5.69 Å². The monoisotopic (exact) mass is 468 g/mol. The van der Waals surface area contributed by atoms with Crippen LogP contribution in [0.1, 0.15) is 18.4 Å². The van der Waals surface area contributed by atoms with Crippen LogP contribution in [0, 0.1) is 0 Å². The lowest BCUT2D eigenvalue weighted by Gasteiger charge is -2.20. The molecule has 2 aliphatic heterocycles. The smallest absolute Gasteiger partial charge is 0.331 e. The van der Waals surface area contributed by atoms with Crippen LogP contribution in [0.15, 0.2) is 56.9 Å². The van der Waals surface area contributed by atoms with Crippen LogP contribution in [0.5, 0.6) is 0 Å². The van der Waals surface area contributed by atoms with E-state index in [1.54, 1.807) is 17.0 Å². The lowest BCUT2D eigenvalue weighted by atomic mass is 10.2. The molecule has 172 valence electrons. The first-order chi connectivity index (χ1) is 15.8. The largest absolute Gasteiger partial charge is 0.341 e. The minimum atomic E-state index is -3.91. The van der Waals surface area contributed by atoms with Crippen LogP contribution in [0.25, 0.3) is 10.9 Å². The van der Waals surface area contributed by atoms with Gasteiger partial charge in [0.15, 0.2) is 0 Å². The average Bonchev–Trinajstić information content (AvgIpc) is 3.50. The Bertz CT molecular complexity index is 1500. The van der Waals surface area contributed by atoms with Crippen molar-refractivity contribution in [2.75, 3.05) is 23.9 Å². The number of sulfonamides is 1. The van der Waals surface area contributed by atoms with Crippen molar-refractivity contribution in [3.05, 3.63) is 68.9 Å². The van der Waals surface area contributed by atoms with Gasteiger partial charge in [0, 0.05) is 26.7 Å². The van der Waals surface area contributed by atoms with Crippen LogP contribution in [0.3, 0.4) is 0 Å². The molecule has 2 aromatic carbocycles. The number of fused-ring (bicyclic) bond motifs is 2. The highest BCUT2D eigenvalue weighted by Gasteiger charge is 2.31. The summed E-state index contributed by atoms with van der Waals surface area (Å²) in [6.45, 7) is 1.18. The molecular formula is C23H24N4O5S. The van der Waals surface area contributed by atoms with Crippen molar-refractivity contribution >= 4 is 32.5 Å². The van der Waals surface area contributed by atoms with Crippen LogP contribution in [-0.2, 0) is 34.8 Å². The van der Waals surface area contributed by atoms with Gasteiger partial charge in [-0.05, 0) is 49.1 Å². The van der Waals surface area contributed by atoms with E-state index < -0.39 is 21.3 Å². The minimum absolute atomic E-state index is 0.0279. The van der Waals surface area contributed by atoms with Crippen molar-refractivity contribution in [2.24, 2.45) is 7.05 Å². The fourth-order valence-electron chi connectivity index (χ4n) is 4.68. The molecule has 1 amide bonds. The zero-order chi connectivity index (χ0) is 23.3. The number of para-hydroxylation sites is 1. The Morgan fingerprint density at radius 3 is 2.48 bits per heavy atom. The maximum Gasteiger partial charge on any atom is 0.331 e. The zero-order valence-corrected chi connectivity index (χ0v) is 19.0. The third kappa shape index (κ3) is 3.45. The molecule has 0 radical (unpaired) electrons. The molecule has 0 N–H and O–H groups in total. The van der Waals surface area contributed by atoms with Gasteiger partial charge in [-0.15, -0.1) is 0 Å². The van der Waals surface area contributed by atoms with Crippen LogP contribution in [-0.4, -0.2) is 48.0 Å². The van der Waals surface area contributed by atoms with Crippen molar-refractivity contribution in [3.8, 4) is 0 Å². The molecular weight excluding hydrogens is 444 g/mol. The number of nitrogens with zero attached hydrogens (tertiary/aromatic N) is 4. The first-order valence-electron chi connectivity index (χ1n) is 10.9. The van der Waals surface area contributed by atoms with Crippen LogP contribution < -0.4 is 15.6 Å². The number of anilines is 1. The summed E-state index contributed by atoms with van der Waals surface area (Å²) in [4.78, 5) is 40.2. The van der Waals surface area contributed by atoms with Gasteiger partial charge in [-0.3, -0.25) is 23.0 Å². The Morgan fingerprint density at radius 1 is 1.00 bits per heavy atom. The summed E-state index contributed by atoms with van der Waals surface area (Å²) >= 11 is 0. The molecule has 3 aromatic rings. The molecule has 5 rings (SSSR count). The molecule has 0 aliphatic carbocycles. The average molecular weight is 469 g/mol. The van der Waals surface area contributed by atoms with Gasteiger partial charge in [-0.1, -0.05) is 18.2 Å². The number of carbonyl (C=O) groups excluding carboxylic acids is 1. The fourth-order valence-corrected chi connectivity index (χ4v) is 6.21. The van der Waals surface area contributed by atoms with E-state index in [4.69, 9.17) is 0 Å². The van der Waals surface area contributed by atoms with Gasteiger partial charge in [0.1, 0.15) is 6.54 Å². The minimum Gasteiger partial charge on any atom is -0.341 e. The van der Waals surface area contributed by atoms with E-state index in [1.807, 2.05) is 12.1 Å². The fraction of sp³-hybridized carbons (Fsp3) is 0.348. The lowest BCUT2D eigenvalue weighted by molar-refractivity contribution is -0.130. The van der Waals surface area contributed by atoms with Gasteiger partial charge in [-0.25, -0.2) is 13.2 Å². The Kier molecular flexibility index (Phi) is 5.12. The molecule has 0 spiro atoms. The number of benzene rings is 2. The zero-order valence-electron chi connectivity index (χ0n) is 18.2. The number of hydrogen-bond acceptors (Lipinski definition) is 5. The number of hydrogen-bond donors (Lipinski definition) is 0. The summed E-state index contributed by atoms with van der Waals surface area (Å²) < 4.78 is 30.4. The van der Waals surface area contributed by atoms with Gasteiger partial charge < -0.3 is 4.90 Å². The van der Waals surface area contributed by atoms with E-state index >= 15 is 0 Å². The molecule has 9 nitrogen and oxygen atoms in total. The second-order valence-electron chi connectivity index (χ2n) is 8.46. The molecule has 0 atom stereocenters. The first kappa shape index (κ1) is 21.4. The van der Waals surface area contributed by atoms with E-state index in [9.17, 15) is 22.8 Å². The molecule has 0 bridgehead atoms. The third-order valence-electron chi connectivity index (χ3n) is 6.51. The van der Waals surface area contributed by atoms with Crippen molar-refractivity contribution in [1.82, 2.24) is 14.0 Å². The number of carbonyl (C=O) groups is 1. The molecule has 0 unspecified atom stereocenters. The number of aryl methyl sites for hydroxylation is 1. The topological polar surface area (TPSA) is 102 Å². The van der Waals surface area contributed by atoms with Crippen LogP contribution >= 0.6 is 0 Å².